The summed E-state index contributed by atoms with van der Waals surface area (Å²) in [5.41, 5.74) is 0. The summed E-state index contributed by atoms with van der Waals surface area (Å²) in [6.07, 6.45) is 76.9. The van der Waals surface area contributed by atoms with Crippen LogP contribution in [0.3, 0.4) is 0 Å². The molecule has 0 bridgehead atoms. The number of carbonyl (C=O) groups excluding carboxylic acids is 3. The third-order valence-electron chi connectivity index (χ3n) is 10.4. The molecule has 0 aromatic rings. The molecule has 0 aromatic heterocycles. The van der Waals surface area contributed by atoms with E-state index in [1.54, 1.807) is 0 Å². The van der Waals surface area contributed by atoms with E-state index in [-0.39, 0.29) is 37.5 Å². The molecule has 0 fully saturated rings. The van der Waals surface area contributed by atoms with Crippen molar-refractivity contribution in [3.63, 3.8) is 0 Å². The summed E-state index contributed by atoms with van der Waals surface area (Å²) in [5, 5.41) is 0. The van der Waals surface area contributed by atoms with Gasteiger partial charge in [-0.2, -0.15) is 0 Å². The van der Waals surface area contributed by atoms with Gasteiger partial charge in [0.25, 0.3) is 0 Å². The van der Waals surface area contributed by atoms with Crippen molar-refractivity contribution in [2.24, 2.45) is 0 Å². The Balaban J connectivity index is 4.56. The second kappa shape index (κ2) is 53.9. The van der Waals surface area contributed by atoms with E-state index in [9.17, 15) is 14.4 Å². The maximum absolute atomic E-state index is 12.8. The molecule has 0 aromatic carbocycles. The van der Waals surface area contributed by atoms with Crippen molar-refractivity contribution in [3.05, 3.63) is 146 Å². The smallest absolute Gasteiger partial charge is 0.306 e. The minimum Gasteiger partial charge on any atom is -0.462 e. The van der Waals surface area contributed by atoms with Crippen molar-refractivity contribution in [2.45, 2.75) is 207 Å². The van der Waals surface area contributed by atoms with Crippen molar-refractivity contribution in [2.75, 3.05) is 13.2 Å². The van der Waals surface area contributed by atoms with Crippen LogP contribution in [0.2, 0.25) is 0 Å². The molecule has 0 amide bonds. The van der Waals surface area contributed by atoms with Crippen molar-refractivity contribution in [3.8, 4) is 0 Å². The highest BCUT2D eigenvalue weighted by molar-refractivity contribution is 5.71. The van der Waals surface area contributed by atoms with Gasteiger partial charge in [0, 0.05) is 19.3 Å². The van der Waals surface area contributed by atoms with Crippen LogP contribution in [0.4, 0.5) is 0 Å². The summed E-state index contributed by atoms with van der Waals surface area (Å²) in [7, 11) is 0. The van der Waals surface area contributed by atoms with Crippen LogP contribution >= 0.6 is 0 Å². The molecular weight excluding hydrogens is 829 g/mol. The van der Waals surface area contributed by atoms with Crippen molar-refractivity contribution in [1.82, 2.24) is 0 Å². The maximum Gasteiger partial charge on any atom is 0.306 e. The molecule has 0 spiro atoms. The lowest BCUT2D eigenvalue weighted by atomic mass is 10.1. The fourth-order valence-electron chi connectivity index (χ4n) is 6.49. The van der Waals surface area contributed by atoms with Gasteiger partial charge in [0.05, 0.1) is 0 Å². The monoisotopic (exact) mass is 923 g/mol. The summed E-state index contributed by atoms with van der Waals surface area (Å²) < 4.78 is 16.7. The van der Waals surface area contributed by atoms with E-state index in [0.29, 0.717) is 19.3 Å². The minimum absolute atomic E-state index is 0.124. The predicted octanol–water partition coefficient (Wildman–Crippen LogP) is 17.6. The number of carbonyl (C=O) groups is 3. The minimum atomic E-state index is -0.826. The third-order valence-corrected chi connectivity index (χ3v) is 10.4. The normalized spacial score (nSPS) is 13.3. The topological polar surface area (TPSA) is 78.9 Å². The van der Waals surface area contributed by atoms with Gasteiger partial charge in [-0.05, 0) is 122 Å². The number of ether oxygens (including phenoxy) is 3. The molecule has 0 radical (unpaired) electrons. The van der Waals surface area contributed by atoms with Gasteiger partial charge in [-0.3, -0.25) is 14.4 Å². The highest BCUT2D eigenvalue weighted by Crippen LogP contribution is 2.12. The van der Waals surface area contributed by atoms with Gasteiger partial charge in [0.2, 0.25) is 0 Å². The second-order valence-corrected chi connectivity index (χ2v) is 16.8. The van der Waals surface area contributed by atoms with Gasteiger partial charge in [-0.25, -0.2) is 0 Å². The molecule has 0 rings (SSSR count). The Hall–Kier alpha value is -4.71. The lowest BCUT2D eigenvalue weighted by Crippen LogP contribution is -2.30. The average Bonchev–Trinajstić information content (AvgIpc) is 3.33. The first-order valence-electron chi connectivity index (χ1n) is 26.4. The second-order valence-electron chi connectivity index (χ2n) is 16.8. The van der Waals surface area contributed by atoms with Crippen molar-refractivity contribution in [1.29, 1.82) is 0 Å². The Morgan fingerprint density at radius 2 is 0.642 bits per heavy atom. The van der Waals surface area contributed by atoms with Gasteiger partial charge in [-0.15, -0.1) is 0 Å². The molecule has 67 heavy (non-hydrogen) atoms. The molecule has 0 N–H and O–H groups in total. The highest BCUT2D eigenvalue weighted by Gasteiger charge is 2.19. The Kier molecular flexibility index (Phi) is 50.1. The zero-order valence-corrected chi connectivity index (χ0v) is 42.6. The maximum atomic E-state index is 12.8. The molecule has 374 valence electrons. The standard InChI is InChI=1S/C61H94O6/c1-4-7-10-13-16-19-22-25-27-29-31-33-34-36-39-42-45-48-51-54-60(63)66-57-58(56-65-59(62)53-50-47-44-41-38-24-21-18-15-12-9-6-3)67-61(64)55-52-49-46-43-40-37-35-32-30-28-26-23-20-17-14-11-8-5-2/h7,9-10,12,16-21,23,25-28,30-33,35-36,38-39,41,58H,4-6,8,11,13-15,22,24,29,34,37,40,42-57H2,1-3H3/b10-7-,12-9-,19-16-,20-17-,21-18-,26-23-,27-25-,30-28-,33-31-,35-32-,39-36-,41-38-. The van der Waals surface area contributed by atoms with Crippen LogP contribution in [-0.4, -0.2) is 37.2 Å². The molecule has 0 heterocycles. The van der Waals surface area contributed by atoms with Gasteiger partial charge >= 0.3 is 17.9 Å². The van der Waals surface area contributed by atoms with Crippen LogP contribution in [0.5, 0.6) is 0 Å². The van der Waals surface area contributed by atoms with E-state index in [0.717, 1.165) is 135 Å². The number of hydrogen-bond acceptors (Lipinski definition) is 6. The van der Waals surface area contributed by atoms with Crippen LogP contribution in [0.15, 0.2) is 146 Å². The molecule has 6 heteroatoms. The van der Waals surface area contributed by atoms with Gasteiger partial charge < -0.3 is 14.2 Å². The fourth-order valence-corrected chi connectivity index (χ4v) is 6.49. The van der Waals surface area contributed by atoms with Gasteiger partial charge in [0.1, 0.15) is 13.2 Å². The van der Waals surface area contributed by atoms with Crippen LogP contribution in [0, 0.1) is 0 Å². The molecule has 0 saturated heterocycles. The van der Waals surface area contributed by atoms with E-state index in [1.165, 1.54) is 19.3 Å². The summed E-state index contributed by atoms with van der Waals surface area (Å²) >= 11 is 0. The van der Waals surface area contributed by atoms with Gasteiger partial charge in [0.15, 0.2) is 6.10 Å². The Labute approximate surface area is 410 Å². The van der Waals surface area contributed by atoms with Crippen molar-refractivity contribution >= 4 is 17.9 Å². The van der Waals surface area contributed by atoms with E-state index in [1.807, 2.05) is 0 Å². The number of hydrogen-bond donors (Lipinski definition) is 0. The van der Waals surface area contributed by atoms with Crippen molar-refractivity contribution < 1.29 is 28.6 Å². The SMILES string of the molecule is CC/C=C\C/C=C\C/C=C\C/C=C\C/C=C\CCCCCC(=O)OCC(COC(=O)CCCC/C=C\C/C=C\C/C=C\CC)OC(=O)CCCCCCC\C=C/C=C\C=C/C=C\CCCCC. The Morgan fingerprint density at radius 3 is 1.09 bits per heavy atom. The lowest BCUT2D eigenvalue weighted by molar-refractivity contribution is -0.167. The van der Waals surface area contributed by atoms with E-state index >= 15 is 0 Å². The predicted molar refractivity (Wildman–Crippen MR) is 288 cm³/mol. The zero-order chi connectivity index (χ0) is 48.6. The van der Waals surface area contributed by atoms with Crippen LogP contribution in [-0.2, 0) is 28.6 Å². The summed E-state index contributed by atoms with van der Waals surface area (Å²) in [5.74, 6) is -1.03. The first kappa shape index (κ1) is 62.3. The lowest BCUT2D eigenvalue weighted by Gasteiger charge is -2.18. The van der Waals surface area contributed by atoms with E-state index in [2.05, 4.69) is 167 Å². The van der Waals surface area contributed by atoms with Crippen LogP contribution in [0.1, 0.15) is 201 Å². The third kappa shape index (κ3) is 52.1. The quantitative estimate of drug-likeness (QED) is 0.0199. The van der Waals surface area contributed by atoms with Crippen LogP contribution < -0.4 is 0 Å². The first-order chi connectivity index (χ1) is 33.0. The number of unbranched alkanes of at least 4 members (excludes halogenated alkanes) is 13. The molecule has 6 nitrogen and oxygen atoms in total. The first-order valence-corrected chi connectivity index (χ1v) is 26.4. The molecule has 1 atom stereocenters. The van der Waals surface area contributed by atoms with Crippen LogP contribution in [0.25, 0.3) is 0 Å². The molecule has 0 aliphatic carbocycles. The molecule has 1 unspecified atom stereocenters. The number of esters is 3. The van der Waals surface area contributed by atoms with Gasteiger partial charge in [-0.1, -0.05) is 205 Å². The number of allylic oxidation sites excluding steroid dienone is 24. The Bertz CT molecular complexity index is 1530. The molecule has 0 aliphatic rings. The Morgan fingerprint density at radius 1 is 0.328 bits per heavy atom. The fraction of sp³-hybridized carbons (Fsp3) is 0.557. The molecule has 0 aliphatic heterocycles. The van der Waals surface area contributed by atoms with E-state index < -0.39 is 6.10 Å². The summed E-state index contributed by atoms with van der Waals surface area (Å²) in [6.45, 7) is 6.26. The number of rotatable bonds is 45. The molecule has 0 saturated carbocycles. The summed E-state index contributed by atoms with van der Waals surface area (Å²) in [6, 6.07) is 0. The largest absolute Gasteiger partial charge is 0.462 e. The highest BCUT2D eigenvalue weighted by atomic mass is 16.6. The summed E-state index contributed by atoms with van der Waals surface area (Å²) in [4.78, 5) is 38.0. The zero-order valence-electron chi connectivity index (χ0n) is 42.6. The molecular formula is C61H94O6. The average molecular weight is 923 g/mol. The van der Waals surface area contributed by atoms with E-state index in [4.69, 9.17) is 14.2 Å².